The molecule has 1 aliphatic heterocycles. The Balaban J connectivity index is 1.43. The number of aryl methyl sites for hydroxylation is 1. The molecule has 2 amide bonds. The fraction of sp³-hybridized carbons (Fsp3) is 0.290. The third-order valence-electron chi connectivity index (χ3n) is 6.16. The van der Waals surface area contributed by atoms with Gasteiger partial charge in [0, 0.05) is 11.4 Å². The summed E-state index contributed by atoms with van der Waals surface area (Å²) in [5.41, 5.74) is 4.00. The van der Waals surface area contributed by atoms with Crippen LogP contribution >= 0.6 is 11.8 Å². The molecule has 7 heteroatoms. The van der Waals surface area contributed by atoms with E-state index in [0.717, 1.165) is 28.1 Å². The molecule has 198 valence electrons. The largest absolute Gasteiger partial charge is 0.490 e. The fourth-order valence-corrected chi connectivity index (χ4v) is 5.28. The molecule has 0 aromatic heterocycles. The number of nitrogens with zero attached hydrogens (tertiary/aromatic N) is 1. The van der Waals surface area contributed by atoms with Crippen LogP contribution in [0.25, 0.3) is 6.08 Å². The van der Waals surface area contributed by atoms with Crippen LogP contribution in [0.4, 0.5) is 5.69 Å². The summed E-state index contributed by atoms with van der Waals surface area (Å²) in [6, 6.07) is 21.7. The number of benzene rings is 3. The third-order valence-corrected chi connectivity index (χ3v) is 7.24. The normalized spacial score (nSPS) is 13.8. The van der Waals surface area contributed by atoms with E-state index >= 15 is 0 Å². The third kappa shape index (κ3) is 6.78. The number of hydrogen-bond acceptors (Lipinski definition) is 5. The van der Waals surface area contributed by atoms with E-state index in [9.17, 15) is 9.59 Å². The van der Waals surface area contributed by atoms with Crippen LogP contribution in [-0.2, 0) is 22.4 Å². The summed E-state index contributed by atoms with van der Waals surface area (Å²) in [6.07, 6.45) is 3.50. The highest BCUT2D eigenvalue weighted by Gasteiger charge is 2.30. The van der Waals surface area contributed by atoms with Crippen molar-refractivity contribution in [2.45, 2.75) is 38.5 Å². The second kappa shape index (κ2) is 13.2. The Morgan fingerprint density at radius 3 is 2.37 bits per heavy atom. The highest BCUT2D eigenvalue weighted by Crippen LogP contribution is 2.42. The lowest BCUT2D eigenvalue weighted by Gasteiger charge is -2.29. The van der Waals surface area contributed by atoms with Crippen molar-refractivity contribution in [1.82, 2.24) is 5.32 Å². The number of carbonyl (C=O) groups excluding carboxylic acids is 2. The first-order valence-electron chi connectivity index (χ1n) is 13.1. The van der Waals surface area contributed by atoms with Crippen LogP contribution in [0.1, 0.15) is 37.5 Å². The first-order valence-corrected chi connectivity index (χ1v) is 13.9. The summed E-state index contributed by atoms with van der Waals surface area (Å²) in [5.74, 6) is 1.04. The number of para-hydroxylation sites is 1. The molecule has 3 aromatic carbocycles. The Labute approximate surface area is 229 Å². The Bertz CT molecular complexity index is 1300. The van der Waals surface area contributed by atoms with Crippen LogP contribution in [-0.4, -0.2) is 38.1 Å². The standard InChI is InChI=1S/C31H34N2O4S/c1-4-22-11-13-23(14-12-22)20-29-31(35)33(25-9-7-8-10-28(25)38-29)21-30(34)32-18-17-24-15-16-26(36-5-2)27(19-24)37-6-3/h7-16,19-20H,4-6,17-18,21H2,1-3H3,(H,32,34)/b29-20-. The van der Waals surface area contributed by atoms with Gasteiger partial charge in [-0.25, -0.2) is 0 Å². The number of ether oxygens (including phenoxy) is 2. The predicted molar refractivity (Wildman–Crippen MR) is 154 cm³/mol. The van der Waals surface area contributed by atoms with Gasteiger partial charge in [0.25, 0.3) is 5.91 Å². The maximum atomic E-state index is 13.5. The Kier molecular flexibility index (Phi) is 9.49. The number of rotatable bonds is 11. The van der Waals surface area contributed by atoms with Crippen LogP contribution in [0.2, 0.25) is 0 Å². The molecule has 0 saturated heterocycles. The van der Waals surface area contributed by atoms with Crippen molar-refractivity contribution in [3.8, 4) is 11.5 Å². The molecule has 1 aliphatic rings. The Morgan fingerprint density at radius 1 is 0.921 bits per heavy atom. The molecule has 0 aliphatic carbocycles. The van der Waals surface area contributed by atoms with E-state index in [-0.39, 0.29) is 18.4 Å². The van der Waals surface area contributed by atoms with Crippen molar-refractivity contribution in [2.24, 2.45) is 0 Å². The van der Waals surface area contributed by atoms with Crippen molar-refractivity contribution >= 4 is 35.3 Å². The number of anilines is 1. The molecule has 38 heavy (non-hydrogen) atoms. The second-order valence-electron chi connectivity index (χ2n) is 8.81. The number of fused-ring (bicyclic) bond motifs is 1. The molecular formula is C31H34N2O4S. The number of amides is 2. The van der Waals surface area contributed by atoms with E-state index in [1.54, 1.807) is 4.90 Å². The van der Waals surface area contributed by atoms with Crippen molar-refractivity contribution in [3.05, 3.63) is 88.3 Å². The number of hydrogen-bond donors (Lipinski definition) is 1. The summed E-state index contributed by atoms with van der Waals surface area (Å²) in [6.45, 7) is 7.50. The minimum Gasteiger partial charge on any atom is -0.490 e. The van der Waals surface area contributed by atoms with Gasteiger partial charge < -0.3 is 14.8 Å². The van der Waals surface area contributed by atoms with Gasteiger partial charge in [0.15, 0.2) is 11.5 Å². The van der Waals surface area contributed by atoms with Gasteiger partial charge in [-0.15, -0.1) is 0 Å². The van der Waals surface area contributed by atoms with Gasteiger partial charge in [0.2, 0.25) is 5.91 Å². The predicted octanol–water partition coefficient (Wildman–Crippen LogP) is 5.89. The van der Waals surface area contributed by atoms with E-state index in [2.05, 4.69) is 24.4 Å². The quantitative estimate of drug-likeness (QED) is 0.313. The van der Waals surface area contributed by atoms with Crippen molar-refractivity contribution in [2.75, 3.05) is 31.2 Å². The summed E-state index contributed by atoms with van der Waals surface area (Å²) < 4.78 is 11.3. The molecule has 1 N–H and O–H groups in total. The van der Waals surface area contributed by atoms with Crippen LogP contribution < -0.4 is 19.7 Å². The van der Waals surface area contributed by atoms with Gasteiger partial charge >= 0.3 is 0 Å². The minimum absolute atomic E-state index is 0.0456. The van der Waals surface area contributed by atoms with Crippen molar-refractivity contribution < 1.29 is 19.1 Å². The number of carbonyl (C=O) groups is 2. The van der Waals surface area contributed by atoms with Crippen LogP contribution in [0.3, 0.4) is 0 Å². The van der Waals surface area contributed by atoms with E-state index in [1.165, 1.54) is 17.3 Å². The van der Waals surface area contributed by atoms with Crippen molar-refractivity contribution in [3.63, 3.8) is 0 Å². The molecule has 3 aromatic rings. The molecule has 0 radical (unpaired) electrons. The topological polar surface area (TPSA) is 67.9 Å². The lowest BCUT2D eigenvalue weighted by Crippen LogP contribution is -2.43. The molecule has 6 nitrogen and oxygen atoms in total. The van der Waals surface area contributed by atoms with E-state index < -0.39 is 0 Å². The monoisotopic (exact) mass is 530 g/mol. The first kappa shape index (κ1) is 27.3. The Hall–Kier alpha value is -3.71. The molecule has 0 fully saturated rings. The highest BCUT2D eigenvalue weighted by molar-refractivity contribution is 8.04. The molecule has 0 saturated carbocycles. The Morgan fingerprint density at radius 2 is 1.63 bits per heavy atom. The van der Waals surface area contributed by atoms with Gasteiger partial charge in [-0.2, -0.15) is 0 Å². The van der Waals surface area contributed by atoms with Crippen molar-refractivity contribution in [1.29, 1.82) is 0 Å². The van der Waals surface area contributed by atoms with Crippen LogP contribution in [0.5, 0.6) is 11.5 Å². The molecule has 0 bridgehead atoms. The molecule has 0 unspecified atom stereocenters. The minimum atomic E-state index is -0.206. The summed E-state index contributed by atoms with van der Waals surface area (Å²) in [5, 5.41) is 2.97. The summed E-state index contributed by atoms with van der Waals surface area (Å²) >= 11 is 1.44. The first-order chi connectivity index (χ1) is 18.5. The average molecular weight is 531 g/mol. The van der Waals surface area contributed by atoms with Crippen LogP contribution in [0.15, 0.2) is 76.5 Å². The summed E-state index contributed by atoms with van der Waals surface area (Å²) in [7, 11) is 0. The zero-order valence-corrected chi connectivity index (χ0v) is 23.0. The molecule has 4 rings (SSSR count). The molecule has 0 atom stereocenters. The molecule has 0 spiro atoms. The second-order valence-corrected chi connectivity index (χ2v) is 9.90. The van der Waals surface area contributed by atoms with Gasteiger partial charge in [-0.3, -0.25) is 14.5 Å². The smallest absolute Gasteiger partial charge is 0.265 e. The van der Waals surface area contributed by atoms with Crippen LogP contribution in [0, 0.1) is 0 Å². The van der Waals surface area contributed by atoms with Gasteiger partial charge in [-0.1, -0.05) is 61.2 Å². The van der Waals surface area contributed by atoms with Gasteiger partial charge in [-0.05, 0) is 73.7 Å². The number of nitrogens with one attached hydrogen (secondary N) is 1. The zero-order chi connectivity index (χ0) is 26.9. The maximum absolute atomic E-state index is 13.5. The lowest BCUT2D eigenvalue weighted by atomic mass is 10.1. The number of thioether (sulfide) groups is 1. The highest BCUT2D eigenvalue weighted by atomic mass is 32.2. The van der Waals surface area contributed by atoms with E-state index in [0.29, 0.717) is 42.6 Å². The summed E-state index contributed by atoms with van der Waals surface area (Å²) in [4.78, 5) is 29.5. The molecular weight excluding hydrogens is 496 g/mol. The SMILES string of the molecule is CCOc1ccc(CCNC(=O)CN2C(=O)/C(=C/c3ccc(CC)cc3)Sc3ccccc32)cc1OCC. The lowest BCUT2D eigenvalue weighted by molar-refractivity contribution is -0.122. The van der Waals surface area contributed by atoms with E-state index in [4.69, 9.17) is 9.47 Å². The van der Waals surface area contributed by atoms with E-state index in [1.807, 2.05) is 74.5 Å². The molecule has 1 heterocycles. The average Bonchev–Trinajstić information content (AvgIpc) is 2.93. The maximum Gasteiger partial charge on any atom is 0.265 e. The van der Waals surface area contributed by atoms with Gasteiger partial charge in [0.1, 0.15) is 6.54 Å². The fourth-order valence-electron chi connectivity index (χ4n) is 4.22. The zero-order valence-electron chi connectivity index (χ0n) is 22.2. The van der Waals surface area contributed by atoms with Gasteiger partial charge in [0.05, 0.1) is 23.8 Å².